The summed E-state index contributed by atoms with van der Waals surface area (Å²) in [4.78, 5) is 9.18. The third kappa shape index (κ3) is 3.25. The van der Waals surface area contributed by atoms with Crippen molar-refractivity contribution in [2.75, 3.05) is 12.4 Å². The third-order valence-electron chi connectivity index (χ3n) is 6.78. The fraction of sp³-hybridized carbons (Fsp3) is 0.500. The number of nitrogens with zero attached hydrogens (tertiary/aromatic N) is 3. The molecule has 2 atom stereocenters. The summed E-state index contributed by atoms with van der Waals surface area (Å²) in [5, 5.41) is 23.6. The Hall–Kier alpha value is -2.24. The second-order valence-electron chi connectivity index (χ2n) is 9.12. The first kappa shape index (κ1) is 19.7. The minimum Gasteiger partial charge on any atom is -0.480 e. The molecule has 0 saturated heterocycles. The van der Waals surface area contributed by atoms with Crippen molar-refractivity contribution in [1.29, 1.82) is 5.26 Å². The van der Waals surface area contributed by atoms with Gasteiger partial charge in [-0.2, -0.15) is 10.2 Å². The molecule has 1 aromatic heterocycles. The maximum absolute atomic E-state index is 14.2. The highest BCUT2D eigenvalue weighted by Crippen LogP contribution is 2.58. The molecular formula is C22H22BrFN4O2. The number of hydrogen-bond acceptors (Lipinski definition) is 6. The minimum atomic E-state index is -0.602. The predicted molar refractivity (Wildman–Crippen MR) is 112 cm³/mol. The molecule has 0 amide bonds. The zero-order chi connectivity index (χ0) is 21.1. The summed E-state index contributed by atoms with van der Waals surface area (Å²) in [6, 6.07) is 6.22. The molecule has 1 heterocycles. The molecule has 4 aliphatic rings. The van der Waals surface area contributed by atoms with Gasteiger partial charge in [-0.25, -0.2) is 9.37 Å². The second-order valence-corrected chi connectivity index (χ2v) is 9.91. The fourth-order valence-electron chi connectivity index (χ4n) is 6.16. The van der Waals surface area contributed by atoms with Crippen LogP contribution in [0.5, 0.6) is 5.88 Å². The van der Waals surface area contributed by atoms with Crippen LogP contribution in [0.25, 0.3) is 11.3 Å². The first-order valence-electron chi connectivity index (χ1n) is 10.1. The number of methoxy groups -OCH3 is 1. The molecule has 2 aromatic rings. The van der Waals surface area contributed by atoms with E-state index in [2.05, 4.69) is 31.2 Å². The van der Waals surface area contributed by atoms with Crippen molar-refractivity contribution in [2.24, 2.45) is 11.8 Å². The van der Waals surface area contributed by atoms with E-state index in [0.717, 1.165) is 25.7 Å². The molecule has 156 valence electrons. The van der Waals surface area contributed by atoms with E-state index in [1.165, 1.54) is 25.7 Å². The van der Waals surface area contributed by atoms with Crippen LogP contribution >= 0.6 is 15.9 Å². The molecule has 6 nitrogen and oxygen atoms in total. The van der Waals surface area contributed by atoms with Gasteiger partial charge >= 0.3 is 0 Å². The fourth-order valence-corrected chi connectivity index (χ4v) is 6.73. The standard InChI is InChI=1S/C22H22BrFN4O2/c1-30-19-17(23)18(14-2-3-15(10-25)16(24)5-14)26-20(27-19)28-21-6-12-4-13(7-21)9-22(29,8-12)11-21/h2-3,5,12-13,29H,4,6-9,11H2,1H3,(H,26,27,28). The summed E-state index contributed by atoms with van der Waals surface area (Å²) in [6.07, 6.45) is 5.63. The number of rotatable bonds is 4. The number of nitrogens with one attached hydrogen (secondary N) is 1. The van der Waals surface area contributed by atoms with Gasteiger partial charge in [-0.1, -0.05) is 6.07 Å². The van der Waals surface area contributed by atoms with Crippen LogP contribution in [0.1, 0.15) is 44.1 Å². The molecule has 2 N–H and O–H groups in total. The Morgan fingerprint density at radius 3 is 2.60 bits per heavy atom. The van der Waals surface area contributed by atoms with E-state index in [4.69, 9.17) is 10.00 Å². The van der Waals surface area contributed by atoms with E-state index in [-0.39, 0.29) is 11.1 Å². The van der Waals surface area contributed by atoms with Gasteiger partial charge in [-0.15, -0.1) is 0 Å². The quantitative estimate of drug-likeness (QED) is 0.683. The van der Waals surface area contributed by atoms with Gasteiger partial charge in [-0.05, 0) is 78.4 Å². The molecule has 1 aromatic carbocycles. The summed E-state index contributed by atoms with van der Waals surface area (Å²) >= 11 is 3.47. The van der Waals surface area contributed by atoms with Crippen LogP contribution < -0.4 is 10.1 Å². The maximum atomic E-state index is 14.2. The Labute approximate surface area is 182 Å². The van der Waals surface area contributed by atoms with E-state index in [1.807, 2.05) is 6.07 Å². The minimum absolute atomic E-state index is 0.0175. The monoisotopic (exact) mass is 472 g/mol. The van der Waals surface area contributed by atoms with Crippen LogP contribution in [0.15, 0.2) is 22.7 Å². The lowest BCUT2D eigenvalue weighted by Gasteiger charge is -2.60. The zero-order valence-electron chi connectivity index (χ0n) is 16.6. The lowest BCUT2D eigenvalue weighted by atomic mass is 9.51. The van der Waals surface area contributed by atoms with E-state index in [9.17, 15) is 9.50 Å². The maximum Gasteiger partial charge on any atom is 0.233 e. The van der Waals surface area contributed by atoms with Crippen molar-refractivity contribution in [1.82, 2.24) is 9.97 Å². The van der Waals surface area contributed by atoms with Gasteiger partial charge in [-0.3, -0.25) is 0 Å². The van der Waals surface area contributed by atoms with Crippen molar-refractivity contribution in [3.8, 4) is 23.2 Å². The van der Waals surface area contributed by atoms with Gasteiger partial charge in [0.05, 0.1) is 24.0 Å². The van der Waals surface area contributed by atoms with Gasteiger partial charge in [0.15, 0.2) is 0 Å². The molecule has 4 aliphatic carbocycles. The van der Waals surface area contributed by atoms with Crippen molar-refractivity contribution in [2.45, 2.75) is 49.7 Å². The van der Waals surface area contributed by atoms with Crippen LogP contribution in [-0.4, -0.2) is 33.3 Å². The molecule has 0 aliphatic heterocycles. The van der Waals surface area contributed by atoms with Crippen LogP contribution in [0, 0.1) is 29.0 Å². The highest BCUT2D eigenvalue weighted by atomic mass is 79.9. The highest BCUT2D eigenvalue weighted by Gasteiger charge is 2.57. The normalized spacial score (nSPS) is 31.4. The highest BCUT2D eigenvalue weighted by molar-refractivity contribution is 9.10. The van der Waals surface area contributed by atoms with Gasteiger partial charge < -0.3 is 15.2 Å². The first-order chi connectivity index (χ1) is 14.3. The lowest BCUT2D eigenvalue weighted by molar-refractivity contribution is -0.127. The SMILES string of the molecule is COc1nc(NC23CC4CC(CC(O)(C4)C2)C3)nc(-c2ccc(C#N)c(F)c2)c1Br. The number of halogens is 2. The van der Waals surface area contributed by atoms with Crippen LogP contribution in [0.2, 0.25) is 0 Å². The van der Waals surface area contributed by atoms with Gasteiger partial charge in [0.25, 0.3) is 0 Å². The van der Waals surface area contributed by atoms with Gasteiger partial charge in [0.1, 0.15) is 16.4 Å². The molecule has 6 rings (SSSR count). The number of anilines is 1. The van der Waals surface area contributed by atoms with E-state index < -0.39 is 11.4 Å². The number of benzene rings is 1. The lowest BCUT2D eigenvalue weighted by Crippen LogP contribution is -2.62. The molecule has 30 heavy (non-hydrogen) atoms. The topological polar surface area (TPSA) is 91.1 Å². The van der Waals surface area contributed by atoms with E-state index >= 15 is 0 Å². The third-order valence-corrected chi connectivity index (χ3v) is 7.50. The zero-order valence-corrected chi connectivity index (χ0v) is 18.2. The number of ether oxygens (including phenoxy) is 1. The van der Waals surface area contributed by atoms with Crippen LogP contribution in [0.3, 0.4) is 0 Å². The average molecular weight is 473 g/mol. The summed E-state index contributed by atoms with van der Waals surface area (Å²) in [5.74, 6) is 1.19. The summed E-state index contributed by atoms with van der Waals surface area (Å²) < 4.78 is 20.2. The number of aromatic nitrogens is 2. The average Bonchev–Trinajstić information content (AvgIpc) is 2.67. The summed E-state index contributed by atoms with van der Waals surface area (Å²) in [7, 11) is 1.52. The van der Waals surface area contributed by atoms with Crippen molar-refractivity contribution >= 4 is 21.9 Å². The molecule has 8 heteroatoms. The molecule has 2 unspecified atom stereocenters. The summed E-state index contributed by atoms with van der Waals surface area (Å²) in [6.45, 7) is 0. The summed E-state index contributed by atoms with van der Waals surface area (Å²) in [5.41, 5.74) is 0.152. The Morgan fingerprint density at radius 2 is 2.00 bits per heavy atom. The van der Waals surface area contributed by atoms with E-state index in [1.54, 1.807) is 6.07 Å². The van der Waals surface area contributed by atoms with Crippen molar-refractivity contribution in [3.63, 3.8) is 0 Å². The number of aliphatic hydroxyl groups is 1. The second kappa shape index (κ2) is 6.89. The molecule has 4 fully saturated rings. The molecule has 0 radical (unpaired) electrons. The Bertz CT molecular complexity index is 1060. The molecule has 4 bridgehead atoms. The van der Waals surface area contributed by atoms with Crippen LogP contribution in [0.4, 0.5) is 10.3 Å². The van der Waals surface area contributed by atoms with Crippen molar-refractivity contribution < 1.29 is 14.2 Å². The number of nitriles is 1. The molecule has 4 saturated carbocycles. The first-order valence-corrected chi connectivity index (χ1v) is 10.9. The Kier molecular flexibility index (Phi) is 4.53. The van der Waals surface area contributed by atoms with Crippen LogP contribution in [-0.2, 0) is 0 Å². The van der Waals surface area contributed by atoms with Gasteiger partial charge in [0, 0.05) is 11.1 Å². The smallest absolute Gasteiger partial charge is 0.233 e. The Balaban J connectivity index is 1.53. The molecular weight excluding hydrogens is 451 g/mol. The number of hydrogen-bond donors (Lipinski definition) is 2. The predicted octanol–water partition coefficient (Wildman–Crippen LogP) is 4.42. The Morgan fingerprint density at radius 1 is 1.27 bits per heavy atom. The molecule has 0 spiro atoms. The van der Waals surface area contributed by atoms with Crippen molar-refractivity contribution in [3.05, 3.63) is 34.1 Å². The van der Waals surface area contributed by atoms with Gasteiger partial charge in [0.2, 0.25) is 11.8 Å². The largest absolute Gasteiger partial charge is 0.480 e. The van der Waals surface area contributed by atoms with E-state index in [0.29, 0.717) is 45.8 Å².